The lowest BCUT2D eigenvalue weighted by atomic mass is 9.85. The molecule has 2 rings (SSSR count). The molecule has 1 aliphatic rings. The summed E-state index contributed by atoms with van der Waals surface area (Å²) in [6.07, 6.45) is 3.95. The van der Waals surface area contributed by atoms with Gasteiger partial charge in [-0.1, -0.05) is 12.5 Å². The minimum atomic E-state index is 0.510. The van der Waals surface area contributed by atoms with Crippen molar-refractivity contribution in [2.24, 2.45) is 16.6 Å². The maximum absolute atomic E-state index is 5.88. The van der Waals surface area contributed by atoms with Crippen molar-refractivity contribution in [3.05, 3.63) is 23.8 Å². The number of nitrogens with one attached hydrogen (secondary N) is 1. The standard InChI is InChI=1S/C16H25N3O2/c1-3-21-15-9-13(7-8-14(15)20-2)11-19-16(17)18-10-12-5-4-6-12/h7-9,12H,3-6,10-11H2,1-2H3,(H3,17,18,19). The van der Waals surface area contributed by atoms with Crippen molar-refractivity contribution >= 4 is 5.96 Å². The van der Waals surface area contributed by atoms with Gasteiger partial charge in [-0.15, -0.1) is 0 Å². The Morgan fingerprint density at radius 1 is 1.38 bits per heavy atom. The van der Waals surface area contributed by atoms with Gasteiger partial charge in [0, 0.05) is 6.54 Å². The SMILES string of the molecule is CCOc1cc(CN=C(N)NCC2CCC2)ccc1OC. The lowest BCUT2D eigenvalue weighted by molar-refractivity contribution is 0.310. The van der Waals surface area contributed by atoms with Crippen molar-refractivity contribution in [1.82, 2.24) is 5.32 Å². The molecule has 0 atom stereocenters. The van der Waals surface area contributed by atoms with Crippen LogP contribution in [-0.4, -0.2) is 26.2 Å². The van der Waals surface area contributed by atoms with Crippen LogP contribution in [0, 0.1) is 5.92 Å². The maximum atomic E-state index is 5.88. The Hall–Kier alpha value is -1.91. The van der Waals surface area contributed by atoms with Crippen LogP contribution in [0.25, 0.3) is 0 Å². The third kappa shape index (κ3) is 4.55. The van der Waals surface area contributed by atoms with Gasteiger partial charge in [0.15, 0.2) is 17.5 Å². The van der Waals surface area contributed by atoms with Crippen LogP contribution >= 0.6 is 0 Å². The van der Waals surface area contributed by atoms with Gasteiger partial charge in [-0.2, -0.15) is 0 Å². The van der Waals surface area contributed by atoms with E-state index in [1.807, 2.05) is 25.1 Å². The van der Waals surface area contributed by atoms with Crippen molar-refractivity contribution in [2.75, 3.05) is 20.3 Å². The van der Waals surface area contributed by atoms with Gasteiger partial charge in [0.05, 0.1) is 20.3 Å². The fraction of sp³-hybridized carbons (Fsp3) is 0.562. The van der Waals surface area contributed by atoms with Crippen molar-refractivity contribution in [3.8, 4) is 11.5 Å². The Bertz CT molecular complexity index is 484. The number of methoxy groups -OCH3 is 1. The maximum Gasteiger partial charge on any atom is 0.188 e. The average molecular weight is 291 g/mol. The molecule has 1 aromatic carbocycles. The Morgan fingerprint density at radius 3 is 2.81 bits per heavy atom. The van der Waals surface area contributed by atoms with E-state index in [0.29, 0.717) is 19.1 Å². The first-order valence-electron chi connectivity index (χ1n) is 7.56. The highest BCUT2D eigenvalue weighted by Gasteiger charge is 2.16. The van der Waals surface area contributed by atoms with Crippen LogP contribution in [0.3, 0.4) is 0 Å². The molecule has 3 N–H and O–H groups in total. The third-order valence-electron chi connectivity index (χ3n) is 3.76. The van der Waals surface area contributed by atoms with E-state index in [2.05, 4.69) is 10.3 Å². The summed E-state index contributed by atoms with van der Waals surface area (Å²) in [6.45, 7) is 4.02. The largest absolute Gasteiger partial charge is 0.493 e. The highest BCUT2D eigenvalue weighted by Crippen LogP contribution is 2.28. The first kappa shape index (κ1) is 15.5. The van der Waals surface area contributed by atoms with E-state index in [4.69, 9.17) is 15.2 Å². The van der Waals surface area contributed by atoms with Crippen LogP contribution in [-0.2, 0) is 6.54 Å². The molecule has 1 aromatic rings. The molecular formula is C16H25N3O2. The summed E-state index contributed by atoms with van der Waals surface area (Å²) >= 11 is 0. The van der Waals surface area contributed by atoms with E-state index in [9.17, 15) is 0 Å². The number of benzene rings is 1. The molecular weight excluding hydrogens is 266 g/mol. The molecule has 5 nitrogen and oxygen atoms in total. The summed E-state index contributed by atoms with van der Waals surface area (Å²) in [7, 11) is 1.64. The van der Waals surface area contributed by atoms with E-state index >= 15 is 0 Å². The highest BCUT2D eigenvalue weighted by atomic mass is 16.5. The average Bonchev–Trinajstić information content (AvgIpc) is 2.44. The van der Waals surface area contributed by atoms with Gasteiger partial charge in [0.1, 0.15) is 0 Å². The molecule has 0 aromatic heterocycles. The topological polar surface area (TPSA) is 68.9 Å². The van der Waals surface area contributed by atoms with Gasteiger partial charge in [0.2, 0.25) is 0 Å². The van der Waals surface area contributed by atoms with Gasteiger partial charge in [-0.3, -0.25) is 0 Å². The molecule has 0 bridgehead atoms. The number of nitrogens with two attached hydrogens (primary N) is 1. The van der Waals surface area contributed by atoms with Crippen LogP contribution < -0.4 is 20.5 Å². The predicted molar refractivity (Wildman–Crippen MR) is 84.8 cm³/mol. The zero-order valence-electron chi connectivity index (χ0n) is 12.9. The summed E-state index contributed by atoms with van der Waals surface area (Å²) < 4.78 is 10.8. The minimum absolute atomic E-state index is 0.510. The molecule has 0 heterocycles. The molecule has 0 unspecified atom stereocenters. The molecule has 1 aliphatic carbocycles. The van der Waals surface area contributed by atoms with E-state index < -0.39 is 0 Å². The molecule has 0 aliphatic heterocycles. The van der Waals surface area contributed by atoms with E-state index in [-0.39, 0.29) is 0 Å². The van der Waals surface area contributed by atoms with Crippen LogP contribution in [0.15, 0.2) is 23.2 Å². The second-order valence-corrected chi connectivity index (χ2v) is 5.30. The Balaban J connectivity index is 1.90. The zero-order valence-corrected chi connectivity index (χ0v) is 12.9. The van der Waals surface area contributed by atoms with Crippen molar-refractivity contribution in [1.29, 1.82) is 0 Å². The molecule has 5 heteroatoms. The van der Waals surface area contributed by atoms with E-state index in [1.54, 1.807) is 7.11 Å². The number of ether oxygens (including phenoxy) is 2. The fourth-order valence-corrected chi connectivity index (χ4v) is 2.27. The predicted octanol–water partition coefficient (Wildman–Crippen LogP) is 2.30. The smallest absolute Gasteiger partial charge is 0.188 e. The first-order chi connectivity index (χ1) is 10.2. The van der Waals surface area contributed by atoms with Gasteiger partial charge < -0.3 is 20.5 Å². The van der Waals surface area contributed by atoms with Crippen molar-refractivity contribution in [3.63, 3.8) is 0 Å². The van der Waals surface area contributed by atoms with Crippen molar-refractivity contribution < 1.29 is 9.47 Å². The number of nitrogens with zero attached hydrogens (tertiary/aromatic N) is 1. The number of aliphatic imine (C=N–C) groups is 1. The van der Waals surface area contributed by atoms with Crippen LogP contribution in [0.4, 0.5) is 0 Å². The number of guanidine groups is 1. The van der Waals surface area contributed by atoms with Crippen molar-refractivity contribution in [2.45, 2.75) is 32.7 Å². The van der Waals surface area contributed by atoms with Gasteiger partial charge in [0.25, 0.3) is 0 Å². The molecule has 0 radical (unpaired) electrons. The molecule has 116 valence electrons. The zero-order chi connectivity index (χ0) is 15.1. The Kier molecular flexibility index (Phi) is 5.72. The number of rotatable bonds is 7. The minimum Gasteiger partial charge on any atom is -0.493 e. The molecule has 0 saturated heterocycles. The third-order valence-corrected chi connectivity index (χ3v) is 3.76. The summed E-state index contributed by atoms with van der Waals surface area (Å²) in [6, 6.07) is 5.82. The lowest BCUT2D eigenvalue weighted by Crippen LogP contribution is -2.37. The molecule has 1 fully saturated rings. The summed E-state index contributed by atoms with van der Waals surface area (Å²) in [5.74, 6) is 2.76. The Morgan fingerprint density at radius 2 is 2.19 bits per heavy atom. The summed E-state index contributed by atoms with van der Waals surface area (Å²) in [4.78, 5) is 4.37. The summed E-state index contributed by atoms with van der Waals surface area (Å²) in [5.41, 5.74) is 6.93. The first-order valence-corrected chi connectivity index (χ1v) is 7.56. The monoisotopic (exact) mass is 291 g/mol. The van der Waals surface area contributed by atoms with Crippen LogP contribution in [0.2, 0.25) is 0 Å². The molecule has 0 spiro atoms. The second kappa shape index (κ2) is 7.76. The van der Waals surface area contributed by atoms with Gasteiger partial charge in [-0.25, -0.2) is 4.99 Å². The molecule has 0 amide bonds. The number of hydrogen-bond donors (Lipinski definition) is 2. The van der Waals surface area contributed by atoms with Crippen LogP contribution in [0.1, 0.15) is 31.7 Å². The van der Waals surface area contributed by atoms with E-state index in [0.717, 1.165) is 29.5 Å². The normalized spacial score (nSPS) is 15.4. The Labute approximate surface area is 126 Å². The quantitative estimate of drug-likeness (QED) is 0.597. The van der Waals surface area contributed by atoms with Gasteiger partial charge >= 0.3 is 0 Å². The second-order valence-electron chi connectivity index (χ2n) is 5.30. The summed E-state index contributed by atoms with van der Waals surface area (Å²) in [5, 5.41) is 3.19. The van der Waals surface area contributed by atoms with Gasteiger partial charge in [-0.05, 0) is 43.4 Å². The van der Waals surface area contributed by atoms with E-state index in [1.165, 1.54) is 19.3 Å². The highest BCUT2D eigenvalue weighted by molar-refractivity contribution is 5.77. The lowest BCUT2D eigenvalue weighted by Gasteiger charge is -2.25. The fourth-order valence-electron chi connectivity index (χ4n) is 2.27. The number of hydrogen-bond acceptors (Lipinski definition) is 3. The molecule has 21 heavy (non-hydrogen) atoms. The molecule has 1 saturated carbocycles. The van der Waals surface area contributed by atoms with Crippen LogP contribution in [0.5, 0.6) is 11.5 Å².